The number of rotatable bonds is 12. The molecule has 1 unspecified atom stereocenters. The quantitative estimate of drug-likeness (QED) is 0.134. The Hall–Kier alpha value is -4.98. The van der Waals surface area contributed by atoms with Crippen LogP contribution in [-0.4, -0.2) is 45.6 Å². The van der Waals surface area contributed by atoms with Crippen LogP contribution >= 0.6 is 0 Å². The van der Waals surface area contributed by atoms with E-state index >= 15 is 0 Å². The number of nitrogens with zero attached hydrogens (tertiary/aromatic N) is 4. The van der Waals surface area contributed by atoms with Crippen molar-refractivity contribution < 1.29 is 34.3 Å². The molecule has 0 aromatic heterocycles. The first kappa shape index (κ1) is 32.0. The maximum atomic E-state index is 12.1. The summed E-state index contributed by atoms with van der Waals surface area (Å²) in [6, 6.07) is 8.31. The van der Waals surface area contributed by atoms with Crippen LogP contribution in [0.2, 0.25) is 0 Å². The van der Waals surface area contributed by atoms with Crippen LogP contribution in [0, 0.1) is 21.4 Å². The van der Waals surface area contributed by atoms with Crippen LogP contribution in [0.1, 0.15) is 24.8 Å². The number of nitrogens with two attached hydrogens (primary N) is 1. The SMILES string of the molecule is N.N.N#Cc1cc([N+](=O)[O-])ccc1N=Nc1ccc(NC(=O)CCC(N)C(=O)O)cc1OCCC(=O)O. The summed E-state index contributed by atoms with van der Waals surface area (Å²) in [7, 11) is 0. The van der Waals surface area contributed by atoms with Crippen molar-refractivity contribution in [2.24, 2.45) is 16.0 Å². The molecule has 0 saturated heterocycles. The topological polar surface area (TPSA) is 301 Å². The van der Waals surface area contributed by atoms with Gasteiger partial charge in [-0.05, 0) is 24.6 Å². The van der Waals surface area contributed by atoms with Crippen LogP contribution in [0.4, 0.5) is 22.7 Å². The molecule has 2 aromatic carbocycles. The molecule has 37 heavy (non-hydrogen) atoms. The number of carboxylic acid groups (broad SMARTS) is 2. The summed E-state index contributed by atoms with van der Waals surface area (Å²) in [5, 5.41) is 48.2. The first-order valence-corrected chi connectivity index (χ1v) is 9.98. The van der Waals surface area contributed by atoms with Crippen LogP contribution in [0.5, 0.6) is 5.75 Å². The highest BCUT2D eigenvalue weighted by Crippen LogP contribution is 2.33. The summed E-state index contributed by atoms with van der Waals surface area (Å²) in [5.41, 5.74) is 5.46. The molecule has 1 amide bonds. The zero-order valence-corrected chi connectivity index (χ0v) is 19.5. The van der Waals surface area contributed by atoms with Crippen LogP contribution in [0.3, 0.4) is 0 Å². The average molecular weight is 518 g/mol. The fourth-order valence-corrected chi connectivity index (χ4v) is 2.59. The number of nitro groups is 1. The van der Waals surface area contributed by atoms with Gasteiger partial charge in [-0.25, -0.2) is 0 Å². The number of nitriles is 1. The van der Waals surface area contributed by atoms with Crippen molar-refractivity contribution in [3.05, 3.63) is 52.1 Å². The fourth-order valence-electron chi connectivity index (χ4n) is 2.59. The molecule has 0 bridgehead atoms. The fraction of sp³-hybridized carbons (Fsp3) is 0.238. The van der Waals surface area contributed by atoms with Crippen LogP contribution in [-0.2, 0) is 14.4 Å². The van der Waals surface area contributed by atoms with Gasteiger partial charge in [-0.1, -0.05) is 0 Å². The van der Waals surface area contributed by atoms with E-state index in [1.54, 1.807) is 6.07 Å². The number of hydrogen-bond acceptors (Lipinski definition) is 12. The second-order valence-corrected chi connectivity index (χ2v) is 6.98. The smallest absolute Gasteiger partial charge is 0.320 e. The molecule has 2 rings (SSSR count). The van der Waals surface area contributed by atoms with Gasteiger partial charge in [0, 0.05) is 30.3 Å². The predicted molar refractivity (Wildman–Crippen MR) is 130 cm³/mol. The van der Waals surface area contributed by atoms with Crippen LogP contribution < -0.4 is 28.1 Å². The molecule has 0 heterocycles. The molecule has 0 radical (unpaired) electrons. The Labute approximate surface area is 210 Å². The molecule has 0 aliphatic rings. The summed E-state index contributed by atoms with van der Waals surface area (Å²) < 4.78 is 5.46. The van der Waals surface area contributed by atoms with Crippen molar-refractivity contribution in [2.75, 3.05) is 11.9 Å². The lowest BCUT2D eigenvalue weighted by Gasteiger charge is -2.11. The molecular weight excluding hydrogens is 492 g/mol. The minimum Gasteiger partial charge on any atom is -0.491 e. The van der Waals surface area contributed by atoms with E-state index in [9.17, 15) is 29.8 Å². The molecule has 16 nitrogen and oxygen atoms in total. The van der Waals surface area contributed by atoms with Crippen molar-refractivity contribution in [3.63, 3.8) is 0 Å². The van der Waals surface area contributed by atoms with Crippen molar-refractivity contribution in [1.29, 1.82) is 5.26 Å². The number of azo groups is 1. The summed E-state index contributed by atoms with van der Waals surface area (Å²) in [4.78, 5) is 43.9. The summed E-state index contributed by atoms with van der Waals surface area (Å²) >= 11 is 0. The monoisotopic (exact) mass is 518 g/mol. The van der Waals surface area contributed by atoms with E-state index in [0.717, 1.165) is 12.1 Å². The maximum absolute atomic E-state index is 12.1. The lowest BCUT2D eigenvalue weighted by molar-refractivity contribution is -0.384. The molecule has 1 atom stereocenters. The largest absolute Gasteiger partial charge is 0.491 e. The second-order valence-electron chi connectivity index (χ2n) is 6.98. The van der Waals surface area contributed by atoms with Crippen molar-refractivity contribution in [2.45, 2.75) is 25.3 Å². The molecule has 0 saturated carbocycles. The Morgan fingerprint density at radius 3 is 2.35 bits per heavy atom. The van der Waals surface area contributed by atoms with Gasteiger partial charge in [-0.2, -0.15) is 5.26 Å². The summed E-state index contributed by atoms with van der Waals surface area (Å²) in [6.07, 6.45) is -0.547. The van der Waals surface area contributed by atoms with Crippen LogP contribution in [0.15, 0.2) is 46.6 Å². The molecule has 2 aromatic rings. The number of nitro benzene ring substituents is 1. The van der Waals surface area contributed by atoms with Crippen molar-refractivity contribution in [3.8, 4) is 11.8 Å². The number of benzene rings is 2. The van der Waals surface area contributed by atoms with Crippen molar-refractivity contribution >= 4 is 40.6 Å². The maximum Gasteiger partial charge on any atom is 0.320 e. The minimum atomic E-state index is -1.23. The highest BCUT2D eigenvalue weighted by Gasteiger charge is 2.15. The summed E-state index contributed by atoms with van der Waals surface area (Å²) in [6.45, 7) is -0.219. The average Bonchev–Trinajstić information content (AvgIpc) is 2.81. The third-order valence-corrected chi connectivity index (χ3v) is 4.39. The number of carboxylic acids is 2. The van der Waals surface area contributed by atoms with Gasteiger partial charge in [0.1, 0.15) is 29.2 Å². The van der Waals surface area contributed by atoms with E-state index in [4.69, 9.17) is 20.7 Å². The number of hydrogen-bond donors (Lipinski definition) is 6. The third kappa shape index (κ3) is 10.0. The number of carbonyl (C=O) groups is 3. The molecule has 0 fully saturated rings. The summed E-state index contributed by atoms with van der Waals surface area (Å²) in [5.74, 6) is -2.77. The van der Waals surface area contributed by atoms with Gasteiger partial charge in [0.05, 0.1) is 23.5 Å². The van der Waals surface area contributed by atoms with E-state index in [-0.39, 0.29) is 72.2 Å². The second kappa shape index (κ2) is 15.1. The van der Waals surface area contributed by atoms with Gasteiger partial charge in [-0.3, -0.25) is 24.5 Å². The zero-order valence-electron chi connectivity index (χ0n) is 19.5. The lowest BCUT2D eigenvalue weighted by atomic mass is 10.1. The Balaban J connectivity index is 0.00000648. The Kier molecular flexibility index (Phi) is 13.1. The number of non-ortho nitro benzene ring substituents is 1. The number of nitrogens with one attached hydrogen (secondary N) is 1. The predicted octanol–water partition coefficient (Wildman–Crippen LogP) is 3.19. The number of anilines is 1. The molecule has 0 aliphatic carbocycles. The third-order valence-electron chi connectivity index (χ3n) is 4.39. The Bertz CT molecular complexity index is 1210. The molecule has 11 N–H and O–H groups in total. The molecular formula is C21H26N8O8. The highest BCUT2D eigenvalue weighted by atomic mass is 16.6. The van der Waals surface area contributed by atoms with Crippen LogP contribution in [0.25, 0.3) is 0 Å². The molecule has 0 spiro atoms. The van der Waals surface area contributed by atoms with Gasteiger partial charge in [0.15, 0.2) is 0 Å². The van der Waals surface area contributed by atoms with Gasteiger partial charge in [-0.15, -0.1) is 10.2 Å². The van der Waals surface area contributed by atoms with Gasteiger partial charge in [0.2, 0.25) is 5.91 Å². The molecule has 198 valence electrons. The number of ether oxygens (including phenoxy) is 1. The Morgan fingerprint density at radius 2 is 1.76 bits per heavy atom. The highest BCUT2D eigenvalue weighted by molar-refractivity contribution is 5.91. The van der Waals surface area contributed by atoms with E-state index in [1.165, 1.54) is 24.3 Å². The molecule has 16 heteroatoms. The van der Waals surface area contributed by atoms with Gasteiger partial charge in [0.25, 0.3) is 5.69 Å². The van der Waals surface area contributed by atoms with Crippen molar-refractivity contribution in [1.82, 2.24) is 12.3 Å². The lowest BCUT2D eigenvalue weighted by Crippen LogP contribution is -2.31. The normalized spacial score (nSPS) is 10.8. The van der Waals surface area contributed by atoms with Gasteiger partial charge < -0.3 is 38.3 Å². The first-order valence-electron chi connectivity index (χ1n) is 9.98. The van der Waals surface area contributed by atoms with E-state index in [2.05, 4.69) is 15.5 Å². The first-order chi connectivity index (χ1) is 16.6. The van der Waals surface area contributed by atoms with E-state index < -0.39 is 28.8 Å². The number of aliphatic carboxylic acids is 2. The van der Waals surface area contributed by atoms with Gasteiger partial charge >= 0.3 is 11.9 Å². The number of carbonyl (C=O) groups excluding carboxylic acids is 1. The standard InChI is InChI=1S/C21H20N6O8.2H3N/c22-11-12-9-14(27(33)34)2-5-16(12)25-26-17-4-1-13(10-18(17)35-8-7-20(29)30)24-19(28)6-3-15(23)21(31)32;;/h1-2,4-5,9-10,15H,3,6-8,23H2,(H,24,28)(H,29,30)(H,31,32);2*1H3. The number of amides is 1. The Morgan fingerprint density at radius 1 is 1.11 bits per heavy atom. The van der Waals surface area contributed by atoms with E-state index in [0.29, 0.717) is 0 Å². The zero-order chi connectivity index (χ0) is 26.0. The molecule has 0 aliphatic heterocycles. The van der Waals surface area contributed by atoms with E-state index in [1.807, 2.05) is 0 Å². The minimum absolute atomic E-state index is 0.